The number of benzene rings is 1. The van der Waals surface area contributed by atoms with Gasteiger partial charge in [-0.1, -0.05) is 6.07 Å². The zero-order valence-electron chi connectivity index (χ0n) is 14.9. The van der Waals surface area contributed by atoms with Gasteiger partial charge in [0.15, 0.2) is 23.9 Å². The fourth-order valence-electron chi connectivity index (χ4n) is 2.22. The van der Waals surface area contributed by atoms with Crippen LogP contribution in [0, 0.1) is 0 Å². The van der Waals surface area contributed by atoms with Crippen LogP contribution in [0.2, 0.25) is 0 Å². The van der Waals surface area contributed by atoms with Crippen molar-refractivity contribution in [1.29, 1.82) is 0 Å². The first-order chi connectivity index (χ1) is 13.2. The minimum Gasteiger partial charge on any atom is -0.493 e. The first-order valence-electron chi connectivity index (χ1n) is 8.21. The van der Waals surface area contributed by atoms with Gasteiger partial charge >= 0.3 is 5.97 Å². The van der Waals surface area contributed by atoms with Crippen molar-refractivity contribution in [3.63, 3.8) is 0 Å². The zero-order chi connectivity index (χ0) is 19.1. The van der Waals surface area contributed by atoms with Crippen molar-refractivity contribution < 1.29 is 27.8 Å². The first kappa shape index (κ1) is 18.2. The van der Waals surface area contributed by atoms with Crippen molar-refractivity contribution in [3.05, 3.63) is 54.1 Å². The molecule has 0 atom stereocenters. The summed E-state index contributed by atoms with van der Waals surface area (Å²) in [6.07, 6.45) is 4.42. The zero-order valence-corrected chi connectivity index (χ0v) is 14.9. The smallest absolute Gasteiger partial charge is 0.331 e. The summed E-state index contributed by atoms with van der Waals surface area (Å²) in [6, 6.07) is 8.76. The molecule has 140 valence electrons. The number of rotatable bonds is 8. The van der Waals surface area contributed by atoms with E-state index in [9.17, 15) is 4.79 Å². The maximum atomic E-state index is 11.9. The molecule has 0 spiro atoms. The van der Waals surface area contributed by atoms with Crippen molar-refractivity contribution in [2.75, 3.05) is 13.7 Å². The number of hydrogen-bond acceptors (Lipinski definition) is 8. The number of carbonyl (C=O) groups is 1. The molecule has 0 bridgehead atoms. The number of esters is 1. The van der Waals surface area contributed by atoms with Gasteiger partial charge in [-0.15, -0.1) is 10.2 Å². The van der Waals surface area contributed by atoms with Crippen LogP contribution in [0.5, 0.6) is 11.5 Å². The first-order valence-corrected chi connectivity index (χ1v) is 8.21. The molecule has 0 unspecified atom stereocenters. The van der Waals surface area contributed by atoms with Crippen molar-refractivity contribution in [3.8, 4) is 23.1 Å². The molecule has 3 rings (SSSR count). The van der Waals surface area contributed by atoms with Gasteiger partial charge in [-0.2, -0.15) is 0 Å². The minimum absolute atomic E-state index is 0.135. The van der Waals surface area contributed by atoms with Crippen LogP contribution in [-0.2, 0) is 16.1 Å². The Morgan fingerprint density at radius 3 is 2.85 bits per heavy atom. The fraction of sp³-hybridized carbons (Fsp3) is 0.211. The summed E-state index contributed by atoms with van der Waals surface area (Å²) in [4.78, 5) is 11.9. The van der Waals surface area contributed by atoms with Gasteiger partial charge in [-0.3, -0.25) is 0 Å². The third kappa shape index (κ3) is 4.75. The van der Waals surface area contributed by atoms with Crippen molar-refractivity contribution in [1.82, 2.24) is 10.2 Å². The molecule has 2 aromatic heterocycles. The molecule has 0 aliphatic heterocycles. The summed E-state index contributed by atoms with van der Waals surface area (Å²) in [5.74, 6) is 1.53. The van der Waals surface area contributed by atoms with E-state index in [1.165, 1.54) is 12.3 Å². The molecule has 8 heteroatoms. The third-order valence-electron chi connectivity index (χ3n) is 3.44. The van der Waals surface area contributed by atoms with Crippen molar-refractivity contribution in [2.45, 2.75) is 13.5 Å². The van der Waals surface area contributed by atoms with Crippen molar-refractivity contribution >= 4 is 12.0 Å². The van der Waals surface area contributed by atoms with Gasteiger partial charge in [0.1, 0.15) is 0 Å². The van der Waals surface area contributed by atoms with Crippen molar-refractivity contribution in [2.24, 2.45) is 0 Å². The molecule has 0 amide bonds. The van der Waals surface area contributed by atoms with Crippen LogP contribution in [0.15, 0.2) is 51.5 Å². The molecule has 1 aromatic carbocycles. The van der Waals surface area contributed by atoms with E-state index in [2.05, 4.69) is 10.2 Å². The maximum absolute atomic E-state index is 11.9. The largest absolute Gasteiger partial charge is 0.493 e. The van der Waals surface area contributed by atoms with Crippen LogP contribution in [0.3, 0.4) is 0 Å². The van der Waals surface area contributed by atoms with Crippen LogP contribution < -0.4 is 9.47 Å². The number of aromatic nitrogens is 2. The number of methoxy groups -OCH3 is 1. The van der Waals surface area contributed by atoms with Gasteiger partial charge in [-0.05, 0) is 42.8 Å². The van der Waals surface area contributed by atoms with E-state index in [4.69, 9.17) is 23.0 Å². The molecule has 27 heavy (non-hydrogen) atoms. The highest BCUT2D eigenvalue weighted by Gasteiger charge is 2.12. The molecule has 0 radical (unpaired) electrons. The Balaban J connectivity index is 1.56. The highest BCUT2D eigenvalue weighted by Crippen LogP contribution is 2.28. The molecule has 3 aromatic rings. The minimum atomic E-state index is -0.541. The second kappa shape index (κ2) is 8.70. The Labute approximate surface area is 155 Å². The van der Waals surface area contributed by atoms with E-state index in [0.717, 1.165) is 5.56 Å². The SMILES string of the molecule is CCOc1ccc(/C=C/C(=O)OCc2nnc(-c3ccco3)o2)cc1OC. The summed E-state index contributed by atoms with van der Waals surface area (Å²) in [5, 5.41) is 7.63. The van der Waals surface area contributed by atoms with Gasteiger partial charge in [0.2, 0.25) is 0 Å². The summed E-state index contributed by atoms with van der Waals surface area (Å²) >= 11 is 0. The molecule has 8 nitrogen and oxygen atoms in total. The summed E-state index contributed by atoms with van der Waals surface area (Å²) in [5.41, 5.74) is 0.769. The molecule has 0 aliphatic carbocycles. The molecular weight excluding hydrogens is 352 g/mol. The lowest BCUT2D eigenvalue weighted by atomic mass is 10.2. The highest BCUT2D eigenvalue weighted by molar-refractivity contribution is 5.87. The van der Waals surface area contributed by atoms with E-state index < -0.39 is 5.97 Å². The average Bonchev–Trinajstić information content (AvgIpc) is 3.37. The summed E-state index contributed by atoms with van der Waals surface area (Å²) in [6.45, 7) is 2.29. The lowest BCUT2D eigenvalue weighted by Crippen LogP contribution is -2.01. The Hall–Kier alpha value is -3.55. The van der Waals surface area contributed by atoms with Crippen LogP contribution in [0.4, 0.5) is 0 Å². The van der Waals surface area contributed by atoms with E-state index >= 15 is 0 Å². The Morgan fingerprint density at radius 2 is 2.11 bits per heavy atom. The van der Waals surface area contributed by atoms with E-state index in [-0.39, 0.29) is 18.4 Å². The summed E-state index contributed by atoms with van der Waals surface area (Å²) in [7, 11) is 1.56. The van der Waals surface area contributed by atoms with Gasteiger partial charge in [0.25, 0.3) is 11.8 Å². The Bertz CT molecular complexity index is 914. The lowest BCUT2D eigenvalue weighted by molar-refractivity contribution is -0.139. The molecule has 2 heterocycles. The molecule has 0 aliphatic rings. The maximum Gasteiger partial charge on any atom is 0.331 e. The topological polar surface area (TPSA) is 96.8 Å². The second-order valence-corrected chi connectivity index (χ2v) is 5.26. The predicted octanol–water partition coefficient (Wildman–Crippen LogP) is 3.49. The van der Waals surface area contributed by atoms with E-state index in [1.807, 2.05) is 13.0 Å². The quantitative estimate of drug-likeness (QED) is 0.439. The predicted molar refractivity (Wildman–Crippen MR) is 95.0 cm³/mol. The van der Waals surface area contributed by atoms with Gasteiger partial charge in [-0.25, -0.2) is 4.79 Å². The van der Waals surface area contributed by atoms with Gasteiger partial charge < -0.3 is 23.0 Å². The van der Waals surface area contributed by atoms with Gasteiger partial charge in [0, 0.05) is 6.08 Å². The second-order valence-electron chi connectivity index (χ2n) is 5.26. The monoisotopic (exact) mass is 370 g/mol. The standard InChI is InChI=1S/C19H18N2O6/c1-3-24-14-8-6-13(11-16(14)23-2)7-9-18(22)26-12-17-20-21-19(27-17)15-5-4-10-25-15/h4-11H,3,12H2,1-2H3/b9-7+. The van der Waals surface area contributed by atoms with Gasteiger partial charge in [0.05, 0.1) is 20.0 Å². The van der Waals surface area contributed by atoms with E-state index in [0.29, 0.717) is 23.9 Å². The number of ether oxygens (including phenoxy) is 3. The van der Waals surface area contributed by atoms with Crippen LogP contribution in [0.25, 0.3) is 17.7 Å². The highest BCUT2D eigenvalue weighted by atomic mass is 16.5. The molecule has 0 N–H and O–H groups in total. The molecule has 0 fully saturated rings. The average molecular weight is 370 g/mol. The third-order valence-corrected chi connectivity index (χ3v) is 3.44. The molecule has 0 saturated heterocycles. The number of hydrogen-bond donors (Lipinski definition) is 0. The molecule has 0 saturated carbocycles. The summed E-state index contributed by atoms with van der Waals surface area (Å²) < 4.78 is 26.3. The normalized spacial score (nSPS) is 10.9. The van der Waals surface area contributed by atoms with E-state index in [1.54, 1.807) is 37.5 Å². The molecular formula is C19H18N2O6. The number of carbonyl (C=O) groups excluding carboxylic acids is 1. The fourth-order valence-corrected chi connectivity index (χ4v) is 2.22. The lowest BCUT2D eigenvalue weighted by Gasteiger charge is -2.09. The Kier molecular flexibility index (Phi) is 5.88. The Morgan fingerprint density at radius 1 is 1.22 bits per heavy atom. The van der Waals surface area contributed by atoms with Crippen LogP contribution >= 0.6 is 0 Å². The van der Waals surface area contributed by atoms with Crippen LogP contribution in [-0.4, -0.2) is 29.9 Å². The number of furan rings is 1. The number of nitrogens with zero attached hydrogens (tertiary/aromatic N) is 2. The van der Waals surface area contributed by atoms with Crippen LogP contribution in [0.1, 0.15) is 18.4 Å².